The molecule has 0 radical (unpaired) electrons. The van der Waals surface area contributed by atoms with Crippen molar-refractivity contribution in [2.75, 3.05) is 11.9 Å². The third-order valence-electron chi connectivity index (χ3n) is 4.27. The molecule has 148 valence electrons. The number of carbonyl (C=O) groups excluding carboxylic acids is 2. The predicted octanol–water partition coefficient (Wildman–Crippen LogP) is 5.40. The van der Waals surface area contributed by atoms with E-state index < -0.39 is 11.9 Å². The van der Waals surface area contributed by atoms with E-state index in [-0.39, 0.29) is 18.1 Å². The smallest absolute Gasteiger partial charge is 0.342 e. The number of rotatable bonds is 7. The van der Waals surface area contributed by atoms with Gasteiger partial charge in [0.15, 0.2) is 6.61 Å². The average Bonchev–Trinajstić information content (AvgIpc) is 2.73. The molecular formula is C24H23NO4. The summed E-state index contributed by atoms with van der Waals surface area (Å²) in [5.41, 5.74) is 2.00. The molecule has 3 aromatic rings. The summed E-state index contributed by atoms with van der Waals surface area (Å²) in [6.07, 6.45) is 0. The van der Waals surface area contributed by atoms with Gasteiger partial charge in [-0.05, 0) is 41.8 Å². The number of nitrogens with one attached hydrogen (secondary N) is 1. The molecule has 0 spiro atoms. The van der Waals surface area contributed by atoms with Crippen molar-refractivity contribution in [3.8, 4) is 11.5 Å². The van der Waals surface area contributed by atoms with Gasteiger partial charge in [-0.2, -0.15) is 0 Å². The number of ether oxygens (including phenoxy) is 2. The molecule has 0 fully saturated rings. The second-order valence-corrected chi connectivity index (χ2v) is 6.78. The van der Waals surface area contributed by atoms with Crippen LogP contribution in [0, 0.1) is 0 Å². The van der Waals surface area contributed by atoms with Gasteiger partial charge in [-0.3, -0.25) is 4.79 Å². The largest absolute Gasteiger partial charge is 0.456 e. The molecule has 5 heteroatoms. The maximum Gasteiger partial charge on any atom is 0.342 e. The number of benzene rings is 3. The second-order valence-electron chi connectivity index (χ2n) is 6.78. The van der Waals surface area contributed by atoms with Gasteiger partial charge < -0.3 is 14.8 Å². The summed E-state index contributed by atoms with van der Waals surface area (Å²) in [6, 6.07) is 23.5. The van der Waals surface area contributed by atoms with E-state index in [2.05, 4.69) is 19.2 Å². The van der Waals surface area contributed by atoms with Crippen molar-refractivity contribution in [2.45, 2.75) is 19.8 Å². The Morgan fingerprint density at radius 3 is 2.28 bits per heavy atom. The van der Waals surface area contributed by atoms with Crippen molar-refractivity contribution in [2.24, 2.45) is 0 Å². The van der Waals surface area contributed by atoms with Crippen LogP contribution in [0.5, 0.6) is 11.5 Å². The lowest BCUT2D eigenvalue weighted by molar-refractivity contribution is -0.119. The molecule has 29 heavy (non-hydrogen) atoms. The summed E-state index contributed by atoms with van der Waals surface area (Å²) in [5.74, 6) is 0.220. The summed E-state index contributed by atoms with van der Waals surface area (Å²) in [4.78, 5) is 24.8. The van der Waals surface area contributed by atoms with Gasteiger partial charge in [-0.25, -0.2) is 4.79 Å². The highest BCUT2D eigenvalue weighted by Gasteiger charge is 2.16. The van der Waals surface area contributed by atoms with E-state index in [0.717, 1.165) is 11.3 Å². The number of para-hydroxylation sites is 3. The molecule has 0 atom stereocenters. The highest BCUT2D eigenvalue weighted by molar-refractivity contribution is 5.97. The molecule has 0 saturated carbocycles. The third kappa shape index (κ3) is 5.45. The Kier molecular flexibility index (Phi) is 6.63. The minimum absolute atomic E-state index is 0.256. The lowest BCUT2D eigenvalue weighted by Crippen LogP contribution is -2.21. The SMILES string of the molecule is CC(C)c1ccccc1NC(=O)COC(=O)c1ccccc1Oc1ccccc1. The minimum atomic E-state index is -0.621. The van der Waals surface area contributed by atoms with Crippen LogP contribution in [0.4, 0.5) is 5.69 Å². The lowest BCUT2D eigenvalue weighted by Gasteiger charge is -2.14. The first kappa shape index (κ1) is 20.1. The van der Waals surface area contributed by atoms with Crippen molar-refractivity contribution >= 4 is 17.6 Å². The van der Waals surface area contributed by atoms with E-state index in [9.17, 15) is 9.59 Å². The van der Waals surface area contributed by atoms with Gasteiger partial charge in [0.1, 0.15) is 17.1 Å². The zero-order valence-corrected chi connectivity index (χ0v) is 16.4. The van der Waals surface area contributed by atoms with E-state index >= 15 is 0 Å². The number of hydrogen-bond donors (Lipinski definition) is 1. The van der Waals surface area contributed by atoms with Crippen molar-refractivity contribution in [1.29, 1.82) is 0 Å². The topological polar surface area (TPSA) is 64.6 Å². The predicted molar refractivity (Wildman–Crippen MR) is 112 cm³/mol. The maximum absolute atomic E-state index is 12.5. The lowest BCUT2D eigenvalue weighted by atomic mass is 10.0. The molecule has 0 saturated heterocycles. The Labute approximate surface area is 170 Å². The maximum atomic E-state index is 12.5. The quantitative estimate of drug-likeness (QED) is 0.550. The van der Waals surface area contributed by atoms with E-state index in [1.807, 2.05) is 42.5 Å². The molecule has 1 amide bonds. The summed E-state index contributed by atoms with van der Waals surface area (Å²) < 4.78 is 11.0. The molecule has 3 rings (SSSR count). The van der Waals surface area contributed by atoms with Gasteiger partial charge in [0.05, 0.1) is 0 Å². The van der Waals surface area contributed by atoms with Crippen LogP contribution in [0.2, 0.25) is 0 Å². The second kappa shape index (κ2) is 9.55. The normalized spacial score (nSPS) is 10.4. The monoisotopic (exact) mass is 389 g/mol. The molecule has 0 bridgehead atoms. The van der Waals surface area contributed by atoms with E-state index in [0.29, 0.717) is 11.5 Å². The first-order valence-corrected chi connectivity index (χ1v) is 9.42. The summed E-state index contributed by atoms with van der Waals surface area (Å²) in [6.45, 7) is 3.72. The van der Waals surface area contributed by atoms with Crippen LogP contribution in [0.3, 0.4) is 0 Å². The number of esters is 1. The molecule has 1 N–H and O–H groups in total. The number of anilines is 1. The highest BCUT2D eigenvalue weighted by atomic mass is 16.5. The number of amides is 1. The molecule has 0 aromatic heterocycles. The van der Waals surface area contributed by atoms with Crippen LogP contribution < -0.4 is 10.1 Å². The summed E-state index contributed by atoms with van der Waals surface area (Å²) in [5, 5.41) is 2.81. The number of hydrogen-bond acceptors (Lipinski definition) is 4. The Morgan fingerprint density at radius 1 is 0.862 bits per heavy atom. The fraction of sp³-hybridized carbons (Fsp3) is 0.167. The summed E-state index contributed by atoms with van der Waals surface area (Å²) >= 11 is 0. The van der Waals surface area contributed by atoms with E-state index in [4.69, 9.17) is 9.47 Å². The minimum Gasteiger partial charge on any atom is -0.456 e. The standard InChI is InChI=1S/C24H23NO4/c1-17(2)19-12-6-8-14-21(19)25-23(26)16-28-24(27)20-13-7-9-15-22(20)29-18-10-4-3-5-11-18/h3-15,17H,16H2,1-2H3,(H,25,26). The van der Waals surface area contributed by atoms with Crippen molar-refractivity contribution in [3.05, 3.63) is 90.0 Å². The van der Waals surface area contributed by atoms with Gasteiger partial charge >= 0.3 is 5.97 Å². The number of carbonyl (C=O) groups is 2. The van der Waals surface area contributed by atoms with Crippen LogP contribution in [-0.4, -0.2) is 18.5 Å². The first-order valence-electron chi connectivity index (χ1n) is 9.42. The zero-order valence-electron chi connectivity index (χ0n) is 16.4. The van der Waals surface area contributed by atoms with E-state index in [1.165, 1.54) is 0 Å². The molecule has 0 heterocycles. The van der Waals surface area contributed by atoms with Crippen LogP contribution in [0.1, 0.15) is 35.7 Å². The van der Waals surface area contributed by atoms with Crippen LogP contribution in [-0.2, 0) is 9.53 Å². The average molecular weight is 389 g/mol. The molecule has 0 aliphatic rings. The molecule has 5 nitrogen and oxygen atoms in total. The molecule has 0 unspecified atom stereocenters. The van der Waals surface area contributed by atoms with Crippen molar-refractivity contribution in [3.63, 3.8) is 0 Å². The van der Waals surface area contributed by atoms with Crippen LogP contribution >= 0.6 is 0 Å². The molecule has 0 aliphatic carbocycles. The van der Waals surface area contributed by atoms with Gasteiger partial charge in [0, 0.05) is 5.69 Å². The fourth-order valence-electron chi connectivity index (χ4n) is 2.85. The Balaban J connectivity index is 1.63. The Morgan fingerprint density at radius 2 is 1.52 bits per heavy atom. The molecule has 0 aliphatic heterocycles. The highest BCUT2D eigenvalue weighted by Crippen LogP contribution is 2.26. The Bertz CT molecular complexity index is 983. The van der Waals surface area contributed by atoms with Crippen LogP contribution in [0.15, 0.2) is 78.9 Å². The Hall–Kier alpha value is -3.60. The molecule has 3 aromatic carbocycles. The van der Waals surface area contributed by atoms with Crippen molar-refractivity contribution in [1.82, 2.24) is 0 Å². The van der Waals surface area contributed by atoms with Crippen LogP contribution in [0.25, 0.3) is 0 Å². The summed E-state index contributed by atoms with van der Waals surface area (Å²) in [7, 11) is 0. The molecular weight excluding hydrogens is 366 g/mol. The van der Waals surface area contributed by atoms with Gasteiger partial charge in [0.2, 0.25) is 0 Å². The van der Waals surface area contributed by atoms with Gasteiger partial charge in [-0.15, -0.1) is 0 Å². The van der Waals surface area contributed by atoms with Gasteiger partial charge in [-0.1, -0.05) is 62.4 Å². The zero-order chi connectivity index (χ0) is 20.6. The van der Waals surface area contributed by atoms with Gasteiger partial charge in [0.25, 0.3) is 5.91 Å². The first-order chi connectivity index (χ1) is 14.0. The third-order valence-corrected chi connectivity index (χ3v) is 4.27. The van der Waals surface area contributed by atoms with Crippen molar-refractivity contribution < 1.29 is 19.1 Å². The van der Waals surface area contributed by atoms with E-state index in [1.54, 1.807) is 36.4 Å². The fourth-order valence-corrected chi connectivity index (χ4v) is 2.85.